The van der Waals surface area contributed by atoms with Crippen LogP contribution in [0.4, 0.5) is 30.6 Å². The van der Waals surface area contributed by atoms with Gasteiger partial charge in [-0.2, -0.15) is 4.98 Å². The van der Waals surface area contributed by atoms with Crippen LogP contribution in [0.25, 0.3) is 0 Å². The lowest BCUT2D eigenvalue weighted by molar-refractivity contribution is 0.511. The number of aromatic nitrogens is 2. The van der Waals surface area contributed by atoms with Gasteiger partial charge in [-0.3, -0.25) is 0 Å². The molecular weight excluding hydrogens is 269 g/mol. The summed E-state index contributed by atoms with van der Waals surface area (Å²) in [6.07, 6.45) is 1.81. The van der Waals surface area contributed by atoms with E-state index in [1.165, 1.54) is 12.1 Å². The van der Waals surface area contributed by atoms with Crippen LogP contribution < -0.4 is 10.6 Å². The fourth-order valence-corrected chi connectivity index (χ4v) is 1.50. The van der Waals surface area contributed by atoms with Crippen LogP contribution >= 0.6 is 0 Å². The quantitative estimate of drug-likeness (QED) is 0.881. The highest BCUT2D eigenvalue weighted by molar-refractivity contribution is 5.58. The maximum absolute atomic E-state index is 13.6. The Hall–Kier alpha value is -2.31. The summed E-state index contributed by atoms with van der Waals surface area (Å²) in [6.45, 7) is 2.58. The fourth-order valence-electron chi connectivity index (χ4n) is 1.50. The minimum absolute atomic E-state index is 0.191. The molecule has 0 unspecified atom stereocenters. The lowest BCUT2D eigenvalue weighted by Crippen LogP contribution is -2.07. The predicted octanol–water partition coefficient (Wildman–Crippen LogP) is 3.46. The monoisotopic (exact) mass is 282 g/mol. The van der Waals surface area contributed by atoms with Crippen LogP contribution in [0.3, 0.4) is 0 Å². The molecule has 0 atom stereocenters. The highest BCUT2D eigenvalue weighted by atomic mass is 19.2. The molecule has 0 saturated carbocycles. The summed E-state index contributed by atoms with van der Waals surface area (Å²) in [7, 11) is 0. The SMILES string of the molecule is CCCNc1ncc(F)c(Nc2cccc(F)c2F)n1. The maximum Gasteiger partial charge on any atom is 0.224 e. The normalized spacial score (nSPS) is 10.4. The van der Waals surface area contributed by atoms with Crippen molar-refractivity contribution in [3.63, 3.8) is 0 Å². The van der Waals surface area contributed by atoms with Gasteiger partial charge in [-0.1, -0.05) is 13.0 Å². The van der Waals surface area contributed by atoms with Gasteiger partial charge in [-0.05, 0) is 18.6 Å². The Morgan fingerprint density at radius 2 is 1.95 bits per heavy atom. The van der Waals surface area contributed by atoms with Gasteiger partial charge < -0.3 is 10.6 Å². The largest absolute Gasteiger partial charge is 0.354 e. The third-order valence-electron chi connectivity index (χ3n) is 2.48. The zero-order valence-corrected chi connectivity index (χ0v) is 10.8. The van der Waals surface area contributed by atoms with Gasteiger partial charge in [-0.25, -0.2) is 18.2 Å². The Labute approximate surface area is 114 Å². The molecule has 0 bridgehead atoms. The molecule has 0 aliphatic heterocycles. The minimum Gasteiger partial charge on any atom is -0.354 e. The Balaban J connectivity index is 2.26. The molecule has 0 aliphatic rings. The number of hydrogen-bond donors (Lipinski definition) is 2. The van der Waals surface area contributed by atoms with Gasteiger partial charge in [0, 0.05) is 6.54 Å². The van der Waals surface area contributed by atoms with Crippen LogP contribution in [0.15, 0.2) is 24.4 Å². The van der Waals surface area contributed by atoms with Crippen LogP contribution in [-0.2, 0) is 0 Å². The number of nitrogens with zero attached hydrogens (tertiary/aromatic N) is 2. The minimum atomic E-state index is -1.09. The number of benzene rings is 1. The van der Waals surface area contributed by atoms with E-state index in [1.807, 2.05) is 6.92 Å². The van der Waals surface area contributed by atoms with Gasteiger partial charge in [0.2, 0.25) is 5.95 Å². The molecule has 4 nitrogen and oxygen atoms in total. The summed E-state index contributed by atoms with van der Waals surface area (Å²) in [6, 6.07) is 3.58. The predicted molar refractivity (Wildman–Crippen MR) is 70.4 cm³/mol. The van der Waals surface area contributed by atoms with Crippen molar-refractivity contribution >= 4 is 17.5 Å². The summed E-state index contributed by atoms with van der Waals surface area (Å²) in [5, 5.41) is 5.29. The Morgan fingerprint density at radius 3 is 2.70 bits per heavy atom. The topological polar surface area (TPSA) is 49.8 Å². The van der Waals surface area contributed by atoms with Gasteiger partial charge in [0.1, 0.15) is 0 Å². The molecule has 1 heterocycles. The molecule has 20 heavy (non-hydrogen) atoms. The summed E-state index contributed by atoms with van der Waals surface area (Å²) in [4.78, 5) is 7.63. The lowest BCUT2D eigenvalue weighted by Gasteiger charge is -2.09. The molecule has 2 rings (SSSR count). The number of anilines is 3. The van der Waals surface area contributed by atoms with Crippen LogP contribution in [0.2, 0.25) is 0 Å². The molecule has 0 aliphatic carbocycles. The molecule has 1 aromatic heterocycles. The van der Waals surface area contributed by atoms with Crippen molar-refractivity contribution in [2.24, 2.45) is 0 Å². The van der Waals surface area contributed by atoms with Crippen molar-refractivity contribution in [3.8, 4) is 0 Å². The fraction of sp³-hybridized carbons (Fsp3) is 0.231. The van der Waals surface area contributed by atoms with E-state index in [0.29, 0.717) is 6.54 Å². The molecule has 106 valence electrons. The van der Waals surface area contributed by atoms with Crippen LogP contribution in [0, 0.1) is 17.5 Å². The molecule has 0 saturated heterocycles. The van der Waals surface area contributed by atoms with E-state index in [4.69, 9.17) is 0 Å². The molecule has 0 fully saturated rings. The van der Waals surface area contributed by atoms with Gasteiger partial charge in [-0.15, -0.1) is 0 Å². The van der Waals surface area contributed by atoms with E-state index in [0.717, 1.165) is 18.7 Å². The second-order valence-corrected chi connectivity index (χ2v) is 4.04. The molecule has 0 radical (unpaired) electrons. The molecule has 0 spiro atoms. The van der Waals surface area contributed by atoms with E-state index in [1.54, 1.807) is 0 Å². The molecule has 7 heteroatoms. The first-order valence-corrected chi connectivity index (χ1v) is 6.09. The van der Waals surface area contributed by atoms with Crippen LogP contribution in [0.5, 0.6) is 0 Å². The third kappa shape index (κ3) is 3.17. The van der Waals surface area contributed by atoms with Gasteiger partial charge in [0.15, 0.2) is 23.3 Å². The number of hydrogen-bond acceptors (Lipinski definition) is 4. The van der Waals surface area contributed by atoms with Crippen molar-refractivity contribution in [3.05, 3.63) is 41.8 Å². The van der Waals surface area contributed by atoms with Crippen molar-refractivity contribution in [2.75, 3.05) is 17.2 Å². The second-order valence-electron chi connectivity index (χ2n) is 4.04. The Morgan fingerprint density at radius 1 is 1.15 bits per heavy atom. The van der Waals surface area contributed by atoms with E-state index >= 15 is 0 Å². The van der Waals surface area contributed by atoms with E-state index in [-0.39, 0.29) is 17.5 Å². The Bertz CT molecular complexity index is 604. The average Bonchev–Trinajstić information content (AvgIpc) is 2.44. The summed E-state index contributed by atoms with van der Waals surface area (Å²) in [5.41, 5.74) is -0.191. The highest BCUT2D eigenvalue weighted by Gasteiger charge is 2.12. The van der Waals surface area contributed by atoms with Crippen molar-refractivity contribution in [1.82, 2.24) is 9.97 Å². The van der Waals surface area contributed by atoms with E-state index < -0.39 is 17.5 Å². The van der Waals surface area contributed by atoms with Crippen LogP contribution in [-0.4, -0.2) is 16.5 Å². The zero-order chi connectivity index (χ0) is 14.5. The number of rotatable bonds is 5. The molecule has 0 amide bonds. The van der Waals surface area contributed by atoms with E-state index in [2.05, 4.69) is 20.6 Å². The standard InChI is InChI=1S/C13H13F3N4/c1-2-6-17-13-18-7-9(15)12(20-13)19-10-5-3-4-8(14)11(10)16/h3-5,7H,2,6H2,1H3,(H2,17,18,19,20). The first-order valence-electron chi connectivity index (χ1n) is 6.09. The van der Waals surface area contributed by atoms with Gasteiger partial charge in [0.25, 0.3) is 0 Å². The first-order chi connectivity index (χ1) is 9.61. The summed E-state index contributed by atoms with van der Waals surface area (Å²) in [5.74, 6) is -2.87. The maximum atomic E-state index is 13.6. The van der Waals surface area contributed by atoms with Crippen molar-refractivity contribution in [2.45, 2.75) is 13.3 Å². The smallest absolute Gasteiger partial charge is 0.224 e. The average molecular weight is 282 g/mol. The van der Waals surface area contributed by atoms with Gasteiger partial charge >= 0.3 is 0 Å². The third-order valence-corrected chi connectivity index (χ3v) is 2.48. The second kappa shape index (κ2) is 6.23. The molecule has 2 aromatic rings. The molecule has 2 N–H and O–H groups in total. The number of nitrogens with one attached hydrogen (secondary N) is 2. The first kappa shape index (κ1) is 14.1. The van der Waals surface area contributed by atoms with E-state index in [9.17, 15) is 13.2 Å². The zero-order valence-electron chi connectivity index (χ0n) is 10.8. The molecular formula is C13H13F3N4. The highest BCUT2D eigenvalue weighted by Crippen LogP contribution is 2.22. The van der Waals surface area contributed by atoms with Crippen molar-refractivity contribution in [1.29, 1.82) is 0 Å². The lowest BCUT2D eigenvalue weighted by atomic mass is 10.3. The summed E-state index contributed by atoms with van der Waals surface area (Å²) < 4.78 is 40.2. The van der Waals surface area contributed by atoms with Gasteiger partial charge in [0.05, 0.1) is 11.9 Å². The van der Waals surface area contributed by atoms with Crippen molar-refractivity contribution < 1.29 is 13.2 Å². The molecule has 1 aromatic carbocycles. The number of halogens is 3. The Kier molecular flexibility index (Phi) is 4.39. The van der Waals surface area contributed by atoms with Crippen LogP contribution in [0.1, 0.15) is 13.3 Å². The summed E-state index contributed by atoms with van der Waals surface area (Å²) >= 11 is 0.